The quantitative estimate of drug-likeness (QED) is 0.858. The first-order valence-electron chi connectivity index (χ1n) is 4.57. The van der Waals surface area contributed by atoms with Gasteiger partial charge in [-0.25, -0.2) is 4.39 Å². The van der Waals surface area contributed by atoms with Gasteiger partial charge in [-0.1, -0.05) is 22.0 Å². The lowest BCUT2D eigenvalue weighted by Gasteiger charge is -2.20. The summed E-state index contributed by atoms with van der Waals surface area (Å²) in [7, 11) is 0. The van der Waals surface area contributed by atoms with Crippen LogP contribution in [-0.4, -0.2) is 5.54 Å². The van der Waals surface area contributed by atoms with Crippen LogP contribution in [0.25, 0.3) is 0 Å². The van der Waals surface area contributed by atoms with Gasteiger partial charge in [-0.05, 0) is 38.5 Å². The molecular weight excluding hydrogens is 245 g/mol. The predicted octanol–water partition coefficient (Wildman–Crippen LogP) is 3.48. The van der Waals surface area contributed by atoms with Crippen LogP contribution < -0.4 is 5.32 Å². The summed E-state index contributed by atoms with van der Waals surface area (Å²) in [6.45, 7) is 7.05. The van der Waals surface area contributed by atoms with Gasteiger partial charge in [-0.2, -0.15) is 0 Å². The van der Waals surface area contributed by atoms with Crippen LogP contribution in [0.1, 0.15) is 26.3 Å². The van der Waals surface area contributed by atoms with Crippen molar-refractivity contribution in [1.29, 1.82) is 0 Å². The predicted molar refractivity (Wildman–Crippen MR) is 60.7 cm³/mol. The van der Waals surface area contributed by atoms with Crippen LogP contribution in [-0.2, 0) is 6.54 Å². The first kappa shape index (κ1) is 11.7. The van der Waals surface area contributed by atoms with Gasteiger partial charge in [0.05, 0.1) is 0 Å². The molecule has 1 nitrogen and oxygen atoms in total. The maximum Gasteiger partial charge on any atom is 0.124 e. The van der Waals surface area contributed by atoms with E-state index in [1.54, 1.807) is 6.07 Å². The standard InChI is InChI=1S/C11H15BrFN/c1-11(2,3)14-7-8-4-5-9(13)6-10(8)12/h4-6,14H,7H2,1-3H3. The zero-order valence-corrected chi connectivity index (χ0v) is 10.3. The molecular formula is C11H15BrFN. The number of rotatable bonds is 2. The Balaban J connectivity index is 2.68. The van der Waals surface area contributed by atoms with Crippen LogP contribution >= 0.6 is 15.9 Å². The third-order valence-corrected chi connectivity index (χ3v) is 2.56. The second-order valence-corrected chi connectivity index (χ2v) is 5.19. The Morgan fingerprint density at radius 1 is 1.36 bits per heavy atom. The molecule has 0 radical (unpaired) electrons. The van der Waals surface area contributed by atoms with Gasteiger partial charge in [0.25, 0.3) is 0 Å². The van der Waals surface area contributed by atoms with Crippen molar-refractivity contribution in [2.24, 2.45) is 0 Å². The third kappa shape index (κ3) is 3.76. The summed E-state index contributed by atoms with van der Waals surface area (Å²) >= 11 is 3.33. The number of hydrogen-bond acceptors (Lipinski definition) is 1. The fourth-order valence-electron chi connectivity index (χ4n) is 1.03. The van der Waals surface area contributed by atoms with Crippen LogP contribution in [0.2, 0.25) is 0 Å². The van der Waals surface area contributed by atoms with Crippen molar-refractivity contribution in [3.8, 4) is 0 Å². The highest BCUT2D eigenvalue weighted by atomic mass is 79.9. The Bertz CT molecular complexity index is 318. The van der Waals surface area contributed by atoms with Gasteiger partial charge in [0.15, 0.2) is 0 Å². The average molecular weight is 260 g/mol. The summed E-state index contributed by atoms with van der Waals surface area (Å²) in [4.78, 5) is 0. The molecule has 1 aromatic carbocycles. The molecule has 0 heterocycles. The fourth-order valence-corrected chi connectivity index (χ4v) is 1.52. The van der Waals surface area contributed by atoms with Crippen molar-refractivity contribution in [3.63, 3.8) is 0 Å². The molecule has 0 saturated carbocycles. The lowest BCUT2D eigenvalue weighted by atomic mass is 10.1. The minimum Gasteiger partial charge on any atom is -0.308 e. The van der Waals surface area contributed by atoms with E-state index in [9.17, 15) is 4.39 Å². The monoisotopic (exact) mass is 259 g/mol. The molecule has 1 rings (SSSR count). The Kier molecular flexibility index (Phi) is 3.67. The molecule has 0 aliphatic carbocycles. The van der Waals surface area contributed by atoms with E-state index in [0.717, 1.165) is 16.6 Å². The molecule has 1 aromatic rings. The molecule has 0 amide bonds. The Morgan fingerprint density at radius 2 is 2.00 bits per heavy atom. The maximum absolute atomic E-state index is 12.8. The second-order valence-electron chi connectivity index (χ2n) is 4.34. The summed E-state index contributed by atoms with van der Waals surface area (Å²) in [6, 6.07) is 4.75. The fraction of sp³-hybridized carbons (Fsp3) is 0.455. The Hall–Kier alpha value is -0.410. The molecule has 14 heavy (non-hydrogen) atoms. The zero-order chi connectivity index (χ0) is 10.8. The van der Waals surface area contributed by atoms with Crippen LogP contribution in [0.15, 0.2) is 22.7 Å². The first-order chi connectivity index (χ1) is 6.38. The molecule has 78 valence electrons. The van der Waals surface area contributed by atoms with Gasteiger partial charge in [0.2, 0.25) is 0 Å². The summed E-state index contributed by atoms with van der Waals surface area (Å²) in [6.07, 6.45) is 0. The highest BCUT2D eigenvalue weighted by molar-refractivity contribution is 9.10. The van der Waals surface area contributed by atoms with Gasteiger partial charge in [0.1, 0.15) is 5.82 Å². The van der Waals surface area contributed by atoms with Gasteiger partial charge in [-0.3, -0.25) is 0 Å². The number of nitrogens with one attached hydrogen (secondary N) is 1. The molecule has 0 aliphatic heterocycles. The highest BCUT2D eigenvalue weighted by Gasteiger charge is 2.09. The van der Waals surface area contributed by atoms with Crippen molar-refractivity contribution < 1.29 is 4.39 Å². The van der Waals surface area contributed by atoms with Crippen molar-refractivity contribution >= 4 is 15.9 Å². The molecule has 0 aromatic heterocycles. The molecule has 0 fully saturated rings. The smallest absolute Gasteiger partial charge is 0.124 e. The van der Waals surface area contributed by atoms with Gasteiger partial charge < -0.3 is 5.32 Å². The SMILES string of the molecule is CC(C)(C)NCc1ccc(F)cc1Br. The zero-order valence-electron chi connectivity index (χ0n) is 8.70. The Morgan fingerprint density at radius 3 is 2.50 bits per heavy atom. The highest BCUT2D eigenvalue weighted by Crippen LogP contribution is 2.18. The molecule has 0 atom stereocenters. The first-order valence-corrected chi connectivity index (χ1v) is 5.37. The molecule has 0 spiro atoms. The van der Waals surface area contributed by atoms with Crippen LogP contribution in [0, 0.1) is 5.82 Å². The van der Waals surface area contributed by atoms with Gasteiger partial charge in [-0.15, -0.1) is 0 Å². The number of benzene rings is 1. The number of hydrogen-bond donors (Lipinski definition) is 1. The van der Waals surface area contributed by atoms with E-state index in [4.69, 9.17) is 0 Å². The second kappa shape index (κ2) is 4.41. The molecule has 3 heteroatoms. The summed E-state index contributed by atoms with van der Waals surface area (Å²) in [5.74, 6) is -0.212. The van der Waals surface area contributed by atoms with Gasteiger partial charge in [0, 0.05) is 16.6 Å². The normalized spacial score (nSPS) is 11.8. The van der Waals surface area contributed by atoms with Crippen LogP contribution in [0.5, 0.6) is 0 Å². The number of halogens is 2. The lowest BCUT2D eigenvalue weighted by molar-refractivity contribution is 0.423. The van der Waals surface area contributed by atoms with Crippen LogP contribution in [0.3, 0.4) is 0 Å². The molecule has 0 bridgehead atoms. The van der Waals surface area contributed by atoms with Crippen molar-refractivity contribution in [3.05, 3.63) is 34.1 Å². The summed E-state index contributed by atoms with van der Waals surface area (Å²) < 4.78 is 13.6. The van der Waals surface area contributed by atoms with Crippen molar-refractivity contribution in [1.82, 2.24) is 5.32 Å². The van der Waals surface area contributed by atoms with E-state index in [2.05, 4.69) is 42.0 Å². The van der Waals surface area contributed by atoms with Gasteiger partial charge >= 0.3 is 0 Å². The summed E-state index contributed by atoms with van der Waals surface area (Å²) in [5.41, 5.74) is 1.15. The molecule has 1 N–H and O–H groups in total. The molecule has 0 unspecified atom stereocenters. The van der Waals surface area contributed by atoms with E-state index in [1.165, 1.54) is 12.1 Å². The van der Waals surface area contributed by atoms with Crippen LogP contribution in [0.4, 0.5) is 4.39 Å². The van der Waals surface area contributed by atoms with E-state index >= 15 is 0 Å². The summed E-state index contributed by atoms with van der Waals surface area (Å²) in [5, 5.41) is 3.35. The van der Waals surface area contributed by atoms with E-state index < -0.39 is 0 Å². The van der Waals surface area contributed by atoms with E-state index in [0.29, 0.717) is 0 Å². The van der Waals surface area contributed by atoms with Crippen molar-refractivity contribution in [2.75, 3.05) is 0 Å². The van der Waals surface area contributed by atoms with E-state index in [-0.39, 0.29) is 11.4 Å². The minimum atomic E-state index is -0.212. The average Bonchev–Trinajstić information content (AvgIpc) is 2.00. The Labute approximate surface area is 92.8 Å². The topological polar surface area (TPSA) is 12.0 Å². The minimum absolute atomic E-state index is 0.0772. The molecule has 0 saturated heterocycles. The van der Waals surface area contributed by atoms with E-state index in [1.807, 2.05) is 0 Å². The third-order valence-electron chi connectivity index (χ3n) is 1.82. The molecule has 0 aliphatic rings. The largest absolute Gasteiger partial charge is 0.308 e. The maximum atomic E-state index is 12.8. The van der Waals surface area contributed by atoms with Crippen molar-refractivity contribution in [2.45, 2.75) is 32.9 Å². The lowest BCUT2D eigenvalue weighted by Crippen LogP contribution is -2.35.